The average Bonchev–Trinajstić information content (AvgIpc) is 2.38. The summed E-state index contributed by atoms with van der Waals surface area (Å²) in [5, 5.41) is 3.90. The first-order valence-electron chi connectivity index (χ1n) is 5.66. The summed E-state index contributed by atoms with van der Waals surface area (Å²) in [6, 6.07) is 3.19. The molecule has 0 bridgehead atoms. The van der Waals surface area contributed by atoms with E-state index in [1.165, 1.54) is 7.11 Å². The molecule has 18 heavy (non-hydrogen) atoms. The predicted octanol–water partition coefficient (Wildman–Crippen LogP) is 2.05. The molecule has 1 aromatic carbocycles. The van der Waals surface area contributed by atoms with Crippen LogP contribution in [0.4, 0.5) is 0 Å². The molecule has 1 saturated heterocycles. The molecule has 6 heteroatoms. The predicted molar refractivity (Wildman–Crippen MR) is 71.8 cm³/mol. The summed E-state index contributed by atoms with van der Waals surface area (Å²) in [6.45, 7) is 3.01. The topological polar surface area (TPSA) is 41.6 Å². The molecule has 1 aliphatic rings. The molecule has 0 atom stereocenters. The standard InChI is InChI=1S/C12H14Cl2N2O2/c1-18-11-9(13)6-8(7-10(11)14)12(17)16-4-2-15-3-5-16/h6-7,15H,2-5H2,1H3. The number of benzene rings is 1. The van der Waals surface area contributed by atoms with E-state index in [1.807, 2.05) is 0 Å². The number of methoxy groups -OCH3 is 1. The van der Waals surface area contributed by atoms with Crippen LogP contribution < -0.4 is 10.1 Å². The number of rotatable bonds is 2. The van der Waals surface area contributed by atoms with E-state index in [4.69, 9.17) is 27.9 Å². The number of nitrogens with one attached hydrogen (secondary N) is 1. The number of amides is 1. The lowest BCUT2D eigenvalue weighted by atomic mass is 10.1. The van der Waals surface area contributed by atoms with Crippen LogP contribution >= 0.6 is 23.2 Å². The van der Waals surface area contributed by atoms with Crippen LogP contribution in [0, 0.1) is 0 Å². The lowest BCUT2D eigenvalue weighted by molar-refractivity contribution is 0.0736. The zero-order chi connectivity index (χ0) is 13.1. The Labute approximate surface area is 116 Å². The number of hydrogen-bond donors (Lipinski definition) is 1. The Balaban J connectivity index is 2.25. The van der Waals surface area contributed by atoms with Crippen molar-refractivity contribution in [1.82, 2.24) is 10.2 Å². The van der Waals surface area contributed by atoms with Gasteiger partial charge < -0.3 is 15.0 Å². The van der Waals surface area contributed by atoms with Crippen LogP contribution in [-0.4, -0.2) is 44.1 Å². The number of hydrogen-bond acceptors (Lipinski definition) is 3. The molecule has 1 aromatic rings. The monoisotopic (exact) mass is 288 g/mol. The maximum atomic E-state index is 12.2. The van der Waals surface area contributed by atoms with E-state index in [2.05, 4.69) is 5.32 Å². The second-order valence-electron chi connectivity index (χ2n) is 4.02. The number of carbonyl (C=O) groups is 1. The summed E-state index contributed by atoms with van der Waals surface area (Å²) in [5.74, 6) is 0.346. The first-order valence-corrected chi connectivity index (χ1v) is 6.42. The van der Waals surface area contributed by atoms with Gasteiger partial charge in [-0.3, -0.25) is 4.79 Å². The molecule has 0 spiro atoms. The van der Waals surface area contributed by atoms with Crippen LogP contribution in [0.3, 0.4) is 0 Å². The first-order chi connectivity index (χ1) is 8.63. The van der Waals surface area contributed by atoms with E-state index in [0.29, 0.717) is 34.4 Å². The molecule has 1 amide bonds. The highest BCUT2D eigenvalue weighted by atomic mass is 35.5. The second-order valence-corrected chi connectivity index (χ2v) is 4.83. The van der Waals surface area contributed by atoms with E-state index >= 15 is 0 Å². The third-order valence-corrected chi connectivity index (χ3v) is 3.42. The Kier molecular flexibility index (Phi) is 4.32. The van der Waals surface area contributed by atoms with Crippen molar-refractivity contribution in [1.29, 1.82) is 0 Å². The third-order valence-electron chi connectivity index (χ3n) is 2.85. The normalized spacial score (nSPS) is 15.6. The van der Waals surface area contributed by atoms with Crippen molar-refractivity contribution in [2.45, 2.75) is 0 Å². The minimum Gasteiger partial charge on any atom is -0.494 e. The van der Waals surface area contributed by atoms with Gasteiger partial charge in [-0.05, 0) is 12.1 Å². The van der Waals surface area contributed by atoms with Crippen molar-refractivity contribution >= 4 is 29.1 Å². The lowest BCUT2D eigenvalue weighted by Gasteiger charge is -2.27. The fraction of sp³-hybridized carbons (Fsp3) is 0.417. The van der Waals surface area contributed by atoms with E-state index < -0.39 is 0 Å². The molecule has 1 aliphatic heterocycles. The molecular weight excluding hydrogens is 275 g/mol. The summed E-state index contributed by atoms with van der Waals surface area (Å²) in [4.78, 5) is 14.0. The third kappa shape index (κ3) is 2.71. The Morgan fingerprint density at radius 2 is 1.83 bits per heavy atom. The van der Waals surface area contributed by atoms with E-state index in [9.17, 15) is 4.79 Å². The molecule has 0 saturated carbocycles. The quantitative estimate of drug-likeness (QED) is 0.906. The second kappa shape index (κ2) is 5.78. The van der Waals surface area contributed by atoms with Gasteiger partial charge in [-0.15, -0.1) is 0 Å². The van der Waals surface area contributed by atoms with Crippen LogP contribution in [0.1, 0.15) is 10.4 Å². The average molecular weight is 289 g/mol. The van der Waals surface area contributed by atoms with E-state index in [1.54, 1.807) is 17.0 Å². The summed E-state index contributed by atoms with van der Waals surface area (Å²) in [7, 11) is 1.49. The minimum absolute atomic E-state index is 0.0528. The van der Waals surface area contributed by atoms with Gasteiger partial charge in [0.05, 0.1) is 17.2 Å². The van der Waals surface area contributed by atoms with Crippen molar-refractivity contribution in [3.05, 3.63) is 27.7 Å². The molecule has 0 radical (unpaired) electrons. The number of halogens is 2. The highest BCUT2D eigenvalue weighted by Gasteiger charge is 2.20. The Morgan fingerprint density at radius 1 is 1.28 bits per heavy atom. The fourth-order valence-corrected chi connectivity index (χ4v) is 2.57. The molecule has 0 aromatic heterocycles. The molecule has 2 rings (SSSR count). The smallest absolute Gasteiger partial charge is 0.254 e. The SMILES string of the molecule is COc1c(Cl)cc(C(=O)N2CCNCC2)cc1Cl. The van der Waals surface area contributed by atoms with Crippen molar-refractivity contribution in [2.75, 3.05) is 33.3 Å². The highest BCUT2D eigenvalue weighted by Crippen LogP contribution is 2.34. The van der Waals surface area contributed by atoms with Gasteiger partial charge >= 0.3 is 0 Å². The van der Waals surface area contributed by atoms with Crippen LogP contribution in [0.25, 0.3) is 0 Å². The molecular formula is C12H14Cl2N2O2. The largest absolute Gasteiger partial charge is 0.494 e. The van der Waals surface area contributed by atoms with Gasteiger partial charge in [0.1, 0.15) is 0 Å². The Hall–Kier alpha value is -0.970. The van der Waals surface area contributed by atoms with Gasteiger partial charge in [-0.1, -0.05) is 23.2 Å². The van der Waals surface area contributed by atoms with Crippen molar-refractivity contribution < 1.29 is 9.53 Å². The molecule has 98 valence electrons. The molecule has 1 N–H and O–H groups in total. The summed E-state index contributed by atoms with van der Waals surface area (Å²) in [6.07, 6.45) is 0. The van der Waals surface area contributed by atoms with Gasteiger partial charge in [0, 0.05) is 31.7 Å². The minimum atomic E-state index is -0.0528. The summed E-state index contributed by atoms with van der Waals surface area (Å²) in [5.41, 5.74) is 0.493. The van der Waals surface area contributed by atoms with Gasteiger partial charge in [-0.25, -0.2) is 0 Å². The molecule has 1 fully saturated rings. The zero-order valence-electron chi connectivity index (χ0n) is 10.0. The van der Waals surface area contributed by atoms with Gasteiger partial charge in [0.15, 0.2) is 5.75 Å². The number of piperazine rings is 1. The van der Waals surface area contributed by atoms with E-state index in [0.717, 1.165) is 13.1 Å². The van der Waals surface area contributed by atoms with Crippen LogP contribution in [0.2, 0.25) is 10.0 Å². The maximum absolute atomic E-state index is 12.2. The first kappa shape index (κ1) is 13.5. The fourth-order valence-electron chi connectivity index (χ4n) is 1.93. The molecule has 1 heterocycles. The van der Waals surface area contributed by atoms with Crippen molar-refractivity contribution in [3.8, 4) is 5.75 Å². The number of ether oxygens (including phenoxy) is 1. The van der Waals surface area contributed by atoms with Crippen LogP contribution in [0.15, 0.2) is 12.1 Å². The van der Waals surface area contributed by atoms with Crippen LogP contribution in [0.5, 0.6) is 5.75 Å². The molecule has 0 unspecified atom stereocenters. The van der Waals surface area contributed by atoms with Crippen molar-refractivity contribution in [3.63, 3.8) is 0 Å². The van der Waals surface area contributed by atoms with Crippen LogP contribution in [-0.2, 0) is 0 Å². The molecule has 4 nitrogen and oxygen atoms in total. The van der Waals surface area contributed by atoms with Gasteiger partial charge in [-0.2, -0.15) is 0 Å². The van der Waals surface area contributed by atoms with Crippen molar-refractivity contribution in [2.24, 2.45) is 0 Å². The highest BCUT2D eigenvalue weighted by molar-refractivity contribution is 6.37. The Bertz CT molecular complexity index is 436. The summed E-state index contributed by atoms with van der Waals surface area (Å²) < 4.78 is 5.06. The van der Waals surface area contributed by atoms with Gasteiger partial charge in [0.25, 0.3) is 5.91 Å². The Morgan fingerprint density at radius 3 is 2.33 bits per heavy atom. The van der Waals surface area contributed by atoms with Gasteiger partial charge in [0.2, 0.25) is 0 Å². The number of nitrogens with zero attached hydrogens (tertiary/aromatic N) is 1. The maximum Gasteiger partial charge on any atom is 0.254 e. The van der Waals surface area contributed by atoms with E-state index in [-0.39, 0.29) is 5.91 Å². The molecule has 0 aliphatic carbocycles. The number of carbonyl (C=O) groups excluding carboxylic acids is 1. The summed E-state index contributed by atoms with van der Waals surface area (Å²) >= 11 is 12.1. The zero-order valence-corrected chi connectivity index (χ0v) is 11.5. The lowest BCUT2D eigenvalue weighted by Crippen LogP contribution is -2.46.